The van der Waals surface area contributed by atoms with Gasteiger partial charge in [0, 0.05) is 32.8 Å². The molecule has 1 rings (SSSR count). The van der Waals surface area contributed by atoms with Crippen LogP contribution in [0.2, 0.25) is 0 Å². The van der Waals surface area contributed by atoms with E-state index in [9.17, 15) is 8.42 Å². The van der Waals surface area contributed by atoms with Crippen LogP contribution in [0.25, 0.3) is 0 Å². The van der Waals surface area contributed by atoms with E-state index in [1.807, 2.05) is 0 Å². The molecule has 6 nitrogen and oxygen atoms in total. The molecular weight excluding hydrogens is 218 g/mol. The van der Waals surface area contributed by atoms with Gasteiger partial charge in [0.05, 0.1) is 6.61 Å². The van der Waals surface area contributed by atoms with Crippen LogP contribution in [0.5, 0.6) is 0 Å². The highest BCUT2D eigenvalue weighted by atomic mass is 32.2. The molecule has 0 saturated heterocycles. The predicted molar refractivity (Wildman–Crippen MR) is 57.8 cm³/mol. The normalized spacial score (nSPS) is 16.9. The second-order valence-electron chi connectivity index (χ2n) is 3.51. The van der Waals surface area contributed by atoms with Gasteiger partial charge in [-0.05, 0) is 12.8 Å². The monoisotopic (exact) mass is 237 g/mol. The van der Waals surface area contributed by atoms with E-state index >= 15 is 0 Å². The van der Waals surface area contributed by atoms with Crippen molar-refractivity contribution in [3.8, 4) is 0 Å². The van der Waals surface area contributed by atoms with Gasteiger partial charge in [0.15, 0.2) is 0 Å². The lowest BCUT2D eigenvalue weighted by atomic mass is 10.6. The fraction of sp³-hybridized carbons (Fsp3) is 1.00. The van der Waals surface area contributed by atoms with Gasteiger partial charge in [-0.2, -0.15) is 13.1 Å². The van der Waals surface area contributed by atoms with Crippen molar-refractivity contribution < 1.29 is 13.2 Å². The molecule has 1 fully saturated rings. The third-order valence-corrected chi connectivity index (χ3v) is 3.19. The molecule has 0 aromatic heterocycles. The maximum atomic E-state index is 11.3. The van der Waals surface area contributed by atoms with Gasteiger partial charge in [-0.1, -0.05) is 0 Å². The Hall–Kier alpha value is -0.210. The fourth-order valence-corrected chi connectivity index (χ4v) is 1.90. The minimum absolute atomic E-state index is 0.294. The van der Waals surface area contributed by atoms with Gasteiger partial charge in [-0.25, -0.2) is 4.72 Å². The molecule has 0 heterocycles. The van der Waals surface area contributed by atoms with Gasteiger partial charge in [-0.3, -0.25) is 0 Å². The largest absolute Gasteiger partial charge is 0.383 e. The number of nitrogens with one attached hydrogen (secondary N) is 3. The van der Waals surface area contributed by atoms with E-state index < -0.39 is 10.2 Å². The van der Waals surface area contributed by atoms with Gasteiger partial charge in [-0.15, -0.1) is 0 Å². The average molecular weight is 237 g/mol. The van der Waals surface area contributed by atoms with Gasteiger partial charge < -0.3 is 10.1 Å². The van der Waals surface area contributed by atoms with Crippen molar-refractivity contribution in [2.24, 2.45) is 0 Å². The molecule has 0 radical (unpaired) electrons. The number of ether oxygens (including phenoxy) is 1. The second kappa shape index (κ2) is 6.39. The maximum absolute atomic E-state index is 11.3. The van der Waals surface area contributed by atoms with Crippen LogP contribution >= 0.6 is 0 Å². The summed E-state index contributed by atoms with van der Waals surface area (Å²) in [6.45, 7) is 1.76. The predicted octanol–water partition coefficient (Wildman–Crippen LogP) is -1.19. The number of hydrogen-bond acceptors (Lipinski definition) is 4. The highest BCUT2D eigenvalue weighted by Crippen LogP contribution is 2.17. The summed E-state index contributed by atoms with van der Waals surface area (Å²) in [5.41, 5.74) is 0. The van der Waals surface area contributed by atoms with Gasteiger partial charge in [0.25, 0.3) is 10.2 Å². The van der Waals surface area contributed by atoms with Crippen molar-refractivity contribution in [1.82, 2.24) is 14.8 Å². The van der Waals surface area contributed by atoms with Crippen molar-refractivity contribution >= 4 is 10.2 Å². The topological polar surface area (TPSA) is 79.5 Å². The summed E-state index contributed by atoms with van der Waals surface area (Å²) < 4.78 is 32.1. The minimum atomic E-state index is -3.35. The summed E-state index contributed by atoms with van der Waals surface area (Å²) in [7, 11) is -1.82. The van der Waals surface area contributed by atoms with Crippen LogP contribution in [-0.4, -0.2) is 47.8 Å². The zero-order chi connectivity index (χ0) is 11.1. The highest BCUT2D eigenvalue weighted by molar-refractivity contribution is 7.87. The van der Waals surface area contributed by atoms with Crippen LogP contribution in [0.4, 0.5) is 0 Å². The molecule has 0 aromatic rings. The summed E-state index contributed by atoms with van der Waals surface area (Å²) in [6.07, 6.45) is 2.41. The quantitative estimate of drug-likeness (QED) is 0.441. The molecule has 90 valence electrons. The molecule has 15 heavy (non-hydrogen) atoms. The first kappa shape index (κ1) is 12.9. The molecule has 1 aliphatic rings. The second-order valence-corrected chi connectivity index (χ2v) is 5.10. The molecular formula is C8H19N3O3S. The summed E-state index contributed by atoms with van der Waals surface area (Å²) in [5, 5.41) is 3.22. The molecule has 0 atom stereocenters. The Morgan fingerprint density at radius 1 is 1.20 bits per heavy atom. The molecule has 0 unspecified atom stereocenters. The van der Waals surface area contributed by atoms with E-state index in [-0.39, 0.29) is 0 Å². The number of methoxy groups -OCH3 is 1. The summed E-state index contributed by atoms with van der Waals surface area (Å²) in [5.74, 6) is 0. The lowest BCUT2D eigenvalue weighted by Gasteiger charge is -2.08. The SMILES string of the molecule is COCCNS(=O)(=O)NCCNC1CC1. The van der Waals surface area contributed by atoms with Crippen LogP contribution in [0.1, 0.15) is 12.8 Å². The third-order valence-electron chi connectivity index (χ3n) is 2.03. The van der Waals surface area contributed by atoms with E-state index in [0.29, 0.717) is 32.3 Å². The zero-order valence-electron chi connectivity index (χ0n) is 8.95. The van der Waals surface area contributed by atoms with E-state index in [1.165, 1.54) is 20.0 Å². The molecule has 0 aliphatic heterocycles. The Labute approximate surface area is 90.9 Å². The standard InChI is InChI=1S/C8H19N3O3S/c1-14-7-6-11-15(12,13)10-5-4-9-8-2-3-8/h8-11H,2-7H2,1H3. The number of rotatable bonds is 9. The lowest BCUT2D eigenvalue weighted by molar-refractivity contribution is 0.204. The van der Waals surface area contributed by atoms with Crippen molar-refractivity contribution in [3.63, 3.8) is 0 Å². The summed E-state index contributed by atoms with van der Waals surface area (Å²) in [6, 6.07) is 0.607. The molecule has 7 heteroatoms. The van der Waals surface area contributed by atoms with Gasteiger partial charge in [0.2, 0.25) is 0 Å². The highest BCUT2D eigenvalue weighted by Gasteiger charge is 2.19. The van der Waals surface area contributed by atoms with Crippen molar-refractivity contribution in [1.29, 1.82) is 0 Å². The Morgan fingerprint density at radius 2 is 1.87 bits per heavy atom. The van der Waals surface area contributed by atoms with Crippen LogP contribution in [0.3, 0.4) is 0 Å². The Balaban J connectivity index is 2.00. The van der Waals surface area contributed by atoms with Crippen LogP contribution < -0.4 is 14.8 Å². The fourth-order valence-electron chi connectivity index (χ4n) is 1.08. The van der Waals surface area contributed by atoms with Crippen molar-refractivity contribution in [2.75, 3.05) is 33.4 Å². The van der Waals surface area contributed by atoms with Gasteiger partial charge >= 0.3 is 0 Å². The van der Waals surface area contributed by atoms with Crippen LogP contribution in [0, 0.1) is 0 Å². The molecule has 1 aliphatic carbocycles. The van der Waals surface area contributed by atoms with E-state index in [0.717, 1.165) is 0 Å². The lowest BCUT2D eigenvalue weighted by Crippen LogP contribution is -2.41. The molecule has 3 N–H and O–H groups in total. The zero-order valence-corrected chi connectivity index (χ0v) is 9.77. The molecule has 0 spiro atoms. The number of hydrogen-bond donors (Lipinski definition) is 3. The molecule has 0 bridgehead atoms. The van der Waals surface area contributed by atoms with Crippen molar-refractivity contribution in [2.45, 2.75) is 18.9 Å². The first-order chi connectivity index (χ1) is 7.14. The summed E-state index contributed by atoms with van der Waals surface area (Å²) >= 11 is 0. The van der Waals surface area contributed by atoms with E-state index in [2.05, 4.69) is 14.8 Å². The summed E-state index contributed by atoms with van der Waals surface area (Å²) in [4.78, 5) is 0. The molecule has 0 amide bonds. The Bertz CT molecular complexity index is 264. The average Bonchev–Trinajstić information content (AvgIpc) is 2.96. The molecule has 0 aromatic carbocycles. The van der Waals surface area contributed by atoms with Crippen molar-refractivity contribution in [3.05, 3.63) is 0 Å². The molecule has 1 saturated carbocycles. The Morgan fingerprint density at radius 3 is 2.47 bits per heavy atom. The third kappa shape index (κ3) is 6.80. The first-order valence-electron chi connectivity index (χ1n) is 5.10. The smallest absolute Gasteiger partial charge is 0.277 e. The van der Waals surface area contributed by atoms with Crippen LogP contribution in [-0.2, 0) is 14.9 Å². The van der Waals surface area contributed by atoms with E-state index in [1.54, 1.807) is 0 Å². The first-order valence-corrected chi connectivity index (χ1v) is 6.59. The Kier molecular flexibility index (Phi) is 5.48. The van der Waals surface area contributed by atoms with Crippen LogP contribution in [0.15, 0.2) is 0 Å². The van der Waals surface area contributed by atoms with Gasteiger partial charge in [0.1, 0.15) is 0 Å². The van der Waals surface area contributed by atoms with E-state index in [4.69, 9.17) is 4.74 Å². The maximum Gasteiger partial charge on any atom is 0.277 e. The minimum Gasteiger partial charge on any atom is -0.383 e.